The summed E-state index contributed by atoms with van der Waals surface area (Å²) in [4.78, 5) is 12.1. The lowest BCUT2D eigenvalue weighted by Crippen LogP contribution is -2.37. The van der Waals surface area contributed by atoms with E-state index in [1.54, 1.807) is 11.1 Å². The Balaban J connectivity index is 1.50. The molecule has 1 aliphatic heterocycles. The monoisotopic (exact) mass is 311 g/mol. The predicted molar refractivity (Wildman–Crippen MR) is 93.3 cm³/mol. The number of hydrogen-bond donors (Lipinski definition) is 0. The second-order valence-corrected chi connectivity index (χ2v) is 8.43. The molecule has 1 saturated carbocycles. The first-order valence-electron chi connectivity index (χ1n) is 9.29. The number of fused-ring (bicyclic) bond motifs is 1. The van der Waals surface area contributed by atoms with Gasteiger partial charge in [-0.2, -0.15) is 0 Å². The summed E-state index contributed by atoms with van der Waals surface area (Å²) in [6.45, 7) is 10.5. The van der Waals surface area contributed by atoms with E-state index in [1.807, 2.05) is 0 Å². The highest BCUT2D eigenvalue weighted by atomic mass is 15.1. The van der Waals surface area contributed by atoms with Crippen LogP contribution in [0.4, 0.5) is 0 Å². The molecule has 0 amide bonds. The summed E-state index contributed by atoms with van der Waals surface area (Å²) >= 11 is 0. The molecule has 0 unspecified atom stereocenters. The number of nitrogens with zero attached hydrogens (tertiary/aromatic N) is 3. The van der Waals surface area contributed by atoms with Crippen molar-refractivity contribution in [3.8, 4) is 0 Å². The van der Waals surface area contributed by atoms with Crippen LogP contribution in [0.15, 0.2) is 17.3 Å². The molecule has 1 aromatic rings. The molecule has 0 aromatic carbocycles. The molecule has 124 valence electrons. The van der Waals surface area contributed by atoms with Gasteiger partial charge >= 0.3 is 0 Å². The third kappa shape index (κ3) is 3.08. The van der Waals surface area contributed by atoms with Crippen LogP contribution in [0.1, 0.15) is 75.9 Å². The molecule has 3 aliphatic rings. The first-order valence-corrected chi connectivity index (χ1v) is 9.29. The molecule has 1 aromatic heterocycles. The van der Waals surface area contributed by atoms with Crippen LogP contribution in [-0.2, 0) is 13.0 Å². The summed E-state index contributed by atoms with van der Waals surface area (Å²) in [5.74, 6) is 1.76. The molecule has 0 bridgehead atoms. The number of allylic oxidation sites excluding steroid dienone is 1. The van der Waals surface area contributed by atoms with Crippen molar-refractivity contribution in [2.45, 2.75) is 71.8 Å². The van der Waals surface area contributed by atoms with E-state index in [1.165, 1.54) is 43.4 Å². The van der Waals surface area contributed by atoms with Crippen molar-refractivity contribution < 1.29 is 0 Å². The van der Waals surface area contributed by atoms with E-state index in [2.05, 4.69) is 36.9 Å². The van der Waals surface area contributed by atoms with Gasteiger partial charge in [0.2, 0.25) is 0 Å². The lowest BCUT2D eigenvalue weighted by atomic mass is 9.72. The van der Waals surface area contributed by atoms with Gasteiger partial charge in [0.1, 0.15) is 5.82 Å². The summed E-state index contributed by atoms with van der Waals surface area (Å²) in [6, 6.07) is 0. The van der Waals surface area contributed by atoms with E-state index in [9.17, 15) is 0 Å². The molecule has 2 aliphatic carbocycles. The van der Waals surface area contributed by atoms with Crippen LogP contribution in [0, 0.1) is 5.41 Å². The Kier molecular flexibility index (Phi) is 3.79. The van der Waals surface area contributed by atoms with Crippen LogP contribution < -0.4 is 0 Å². The van der Waals surface area contributed by atoms with Crippen LogP contribution in [0.5, 0.6) is 0 Å². The summed E-state index contributed by atoms with van der Waals surface area (Å²) in [5.41, 5.74) is 6.35. The molecule has 0 N–H and O–H groups in total. The van der Waals surface area contributed by atoms with Gasteiger partial charge in [-0.1, -0.05) is 25.0 Å². The molecule has 0 spiro atoms. The van der Waals surface area contributed by atoms with Crippen molar-refractivity contribution in [1.82, 2.24) is 14.9 Å². The lowest BCUT2D eigenvalue weighted by Gasteiger charge is -2.38. The molecule has 0 atom stereocenters. The van der Waals surface area contributed by atoms with Crippen LogP contribution in [0.3, 0.4) is 0 Å². The van der Waals surface area contributed by atoms with Crippen LogP contribution in [0.2, 0.25) is 0 Å². The Morgan fingerprint density at radius 3 is 2.83 bits per heavy atom. The fourth-order valence-corrected chi connectivity index (χ4v) is 4.31. The van der Waals surface area contributed by atoms with Crippen molar-refractivity contribution in [2.24, 2.45) is 5.41 Å². The fourth-order valence-electron chi connectivity index (χ4n) is 4.31. The number of hydrogen-bond acceptors (Lipinski definition) is 3. The Labute approximate surface area is 140 Å². The van der Waals surface area contributed by atoms with Crippen molar-refractivity contribution in [2.75, 3.05) is 13.1 Å². The maximum Gasteiger partial charge on any atom is 0.131 e. The van der Waals surface area contributed by atoms with Crippen molar-refractivity contribution in [3.05, 3.63) is 34.4 Å². The highest BCUT2D eigenvalue weighted by Crippen LogP contribution is 2.41. The second kappa shape index (κ2) is 5.70. The first-order chi connectivity index (χ1) is 11.0. The van der Waals surface area contributed by atoms with Gasteiger partial charge < -0.3 is 0 Å². The van der Waals surface area contributed by atoms with Gasteiger partial charge in [0.05, 0.1) is 0 Å². The molecule has 4 rings (SSSR count). The Morgan fingerprint density at radius 2 is 2.09 bits per heavy atom. The Morgan fingerprint density at radius 1 is 1.26 bits per heavy atom. The minimum atomic E-state index is 0.370. The van der Waals surface area contributed by atoms with Crippen LogP contribution >= 0.6 is 0 Å². The SMILES string of the molecule is CC1=C(CN2CCc3nc(C4CC4)ncc3C2)C(C)(C)CCC1. The standard InChI is InChI=1S/C20H29N3/c1-14-5-4-9-20(2,3)17(14)13-23-10-8-18-16(12-23)11-21-19(22-18)15-6-7-15/h11,15H,4-10,12-13H2,1-3H3. The number of aromatic nitrogens is 2. The second-order valence-electron chi connectivity index (χ2n) is 8.43. The Bertz CT molecular complexity index is 640. The molecule has 1 fully saturated rings. The average Bonchev–Trinajstić information content (AvgIpc) is 3.35. The molecule has 3 nitrogen and oxygen atoms in total. The molecule has 0 saturated heterocycles. The van der Waals surface area contributed by atoms with Gasteiger partial charge in [0, 0.05) is 49.4 Å². The van der Waals surface area contributed by atoms with Gasteiger partial charge in [-0.25, -0.2) is 9.97 Å². The summed E-state index contributed by atoms with van der Waals surface area (Å²) in [5, 5.41) is 0. The van der Waals surface area contributed by atoms with Crippen molar-refractivity contribution in [1.29, 1.82) is 0 Å². The third-order valence-corrected chi connectivity index (χ3v) is 6.04. The van der Waals surface area contributed by atoms with Crippen molar-refractivity contribution >= 4 is 0 Å². The normalized spacial score (nSPS) is 24.7. The zero-order chi connectivity index (χ0) is 16.0. The molecular weight excluding hydrogens is 282 g/mol. The lowest BCUT2D eigenvalue weighted by molar-refractivity contribution is 0.239. The molecule has 3 heteroatoms. The first kappa shape index (κ1) is 15.3. The van der Waals surface area contributed by atoms with Crippen LogP contribution in [0.25, 0.3) is 0 Å². The van der Waals surface area contributed by atoms with E-state index in [4.69, 9.17) is 4.98 Å². The number of rotatable bonds is 3. The quantitative estimate of drug-likeness (QED) is 0.782. The van der Waals surface area contributed by atoms with Crippen molar-refractivity contribution in [3.63, 3.8) is 0 Å². The van der Waals surface area contributed by atoms with Crippen LogP contribution in [-0.4, -0.2) is 28.0 Å². The van der Waals surface area contributed by atoms with E-state index in [-0.39, 0.29) is 0 Å². The minimum Gasteiger partial charge on any atom is -0.295 e. The summed E-state index contributed by atoms with van der Waals surface area (Å²) < 4.78 is 0. The predicted octanol–water partition coefficient (Wildman–Crippen LogP) is 4.24. The van der Waals surface area contributed by atoms with E-state index < -0.39 is 0 Å². The summed E-state index contributed by atoms with van der Waals surface area (Å²) in [7, 11) is 0. The molecule has 23 heavy (non-hydrogen) atoms. The maximum absolute atomic E-state index is 4.85. The largest absolute Gasteiger partial charge is 0.295 e. The van der Waals surface area contributed by atoms with Gasteiger partial charge in [-0.05, 0) is 44.4 Å². The van der Waals surface area contributed by atoms with E-state index in [0.717, 1.165) is 31.9 Å². The zero-order valence-electron chi connectivity index (χ0n) is 14.9. The third-order valence-electron chi connectivity index (χ3n) is 6.04. The maximum atomic E-state index is 4.85. The average molecular weight is 311 g/mol. The molecule has 2 heterocycles. The highest BCUT2D eigenvalue weighted by Gasteiger charge is 2.31. The van der Waals surface area contributed by atoms with Gasteiger partial charge in [0.15, 0.2) is 0 Å². The minimum absolute atomic E-state index is 0.370. The van der Waals surface area contributed by atoms with Gasteiger partial charge in [-0.15, -0.1) is 0 Å². The topological polar surface area (TPSA) is 29.0 Å². The van der Waals surface area contributed by atoms with Gasteiger partial charge in [0.25, 0.3) is 0 Å². The summed E-state index contributed by atoms with van der Waals surface area (Å²) in [6.07, 6.45) is 9.73. The van der Waals surface area contributed by atoms with E-state index in [0.29, 0.717) is 11.3 Å². The Hall–Kier alpha value is -1.22. The fraction of sp³-hybridized carbons (Fsp3) is 0.700. The molecule has 0 radical (unpaired) electrons. The van der Waals surface area contributed by atoms with E-state index >= 15 is 0 Å². The van der Waals surface area contributed by atoms with Gasteiger partial charge in [-0.3, -0.25) is 4.90 Å². The zero-order valence-corrected chi connectivity index (χ0v) is 14.9. The molecular formula is C20H29N3. The smallest absolute Gasteiger partial charge is 0.131 e. The highest BCUT2D eigenvalue weighted by molar-refractivity contribution is 5.26.